The molecule has 0 unspecified atom stereocenters. The van der Waals surface area contributed by atoms with Gasteiger partial charge in [0.2, 0.25) is 10.0 Å². The lowest BCUT2D eigenvalue weighted by molar-refractivity contribution is -0.152. The minimum absolute atomic E-state index is 0.0171. The zero-order valence-electron chi connectivity index (χ0n) is 18.7. The molecular formula is C22H26F4N4O2S. The molecule has 0 bridgehead atoms. The lowest BCUT2D eigenvalue weighted by atomic mass is 9.97. The molecule has 0 amide bonds. The third kappa shape index (κ3) is 4.79. The molecule has 6 nitrogen and oxygen atoms in total. The highest BCUT2D eigenvalue weighted by Gasteiger charge is 2.47. The summed E-state index contributed by atoms with van der Waals surface area (Å²) in [5, 5.41) is 3.24. The summed E-state index contributed by atoms with van der Waals surface area (Å²) in [5.74, 6) is -0.716. The molecule has 1 atom stereocenters. The van der Waals surface area contributed by atoms with Crippen LogP contribution in [-0.4, -0.2) is 34.2 Å². The molecule has 4 rings (SSSR count). The van der Waals surface area contributed by atoms with Crippen LogP contribution in [0.5, 0.6) is 0 Å². The maximum Gasteiger partial charge on any atom is 0.408 e. The molecule has 0 spiro atoms. The first-order chi connectivity index (χ1) is 15.2. The van der Waals surface area contributed by atoms with Crippen LogP contribution in [0.1, 0.15) is 45.2 Å². The monoisotopic (exact) mass is 486 g/mol. The maximum absolute atomic E-state index is 15.2. The Hall–Kier alpha value is -2.40. The summed E-state index contributed by atoms with van der Waals surface area (Å²) in [6, 6.07) is 1.69. The second-order valence-corrected chi connectivity index (χ2v) is 11.8. The van der Waals surface area contributed by atoms with Gasteiger partial charge in [0.15, 0.2) is 0 Å². The Bertz CT molecular complexity index is 1300. The second-order valence-electron chi connectivity index (χ2n) is 9.80. The number of hydrogen-bond acceptors (Lipinski definition) is 3. The van der Waals surface area contributed by atoms with Crippen LogP contribution in [0, 0.1) is 11.2 Å². The van der Waals surface area contributed by atoms with Crippen LogP contribution in [0.25, 0.3) is 22.2 Å². The normalized spacial score (nSPS) is 16.5. The molecule has 1 aliphatic rings. The van der Waals surface area contributed by atoms with Gasteiger partial charge in [-0.3, -0.25) is 4.68 Å². The van der Waals surface area contributed by atoms with E-state index >= 15 is 4.39 Å². The quantitative estimate of drug-likeness (QED) is 0.504. The number of sulfonamides is 1. The van der Waals surface area contributed by atoms with Crippen LogP contribution in [0.2, 0.25) is 0 Å². The molecule has 1 aliphatic carbocycles. The third-order valence-corrected chi connectivity index (χ3v) is 7.54. The molecule has 11 heteroatoms. The van der Waals surface area contributed by atoms with Crippen molar-refractivity contribution in [2.24, 2.45) is 12.5 Å². The number of alkyl halides is 3. The van der Waals surface area contributed by atoms with Crippen molar-refractivity contribution in [2.75, 3.05) is 0 Å². The number of fused-ring (bicyclic) bond motifs is 1. The van der Waals surface area contributed by atoms with Gasteiger partial charge in [-0.15, -0.1) is 0 Å². The van der Waals surface area contributed by atoms with Crippen LogP contribution < -0.4 is 4.72 Å². The van der Waals surface area contributed by atoms with E-state index in [9.17, 15) is 21.6 Å². The van der Waals surface area contributed by atoms with Crippen molar-refractivity contribution in [1.29, 1.82) is 0 Å². The minimum atomic E-state index is -4.90. The van der Waals surface area contributed by atoms with Crippen molar-refractivity contribution < 1.29 is 26.0 Å². The van der Waals surface area contributed by atoms with E-state index in [0.717, 1.165) is 6.07 Å². The molecule has 33 heavy (non-hydrogen) atoms. The maximum atomic E-state index is 15.2. The van der Waals surface area contributed by atoms with Crippen LogP contribution in [0.3, 0.4) is 0 Å². The van der Waals surface area contributed by atoms with E-state index in [2.05, 4.69) is 5.10 Å². The average molecular weight is 487 g/mol. The van der Waals surface area contributed by atoms with Gasteiger partial charge in [-0.05, 0) is 36.5 Å². The highest BCUT2D eigenvalue weighted by molar-refractivity contribution is 7.90. The molecule has 1 aromatic carbocycles. The van der Waals surface area contributed by atoms with Gasteiger partial charge in [0.25, 0.3) is 0 Å². The fourth-order valence-corrected chi connectivity index (χ4v) is 5.53. The Balaban J connectivity index is 1.93. The molecule has 1 fully saturated rings. The standard InChI is InChI=1S/C22H26F4N4O2S/c1-21(2,3)12-30-11-16(20(22(24,25)26)28-33(31,32)13-5-6-13)14-9-17(23)15(10-19(14)30)18-7-8-27-29(18)4/h7-11,13,20,28H,5-6,12H2,1-4H3/t20-/m0/s1. The van der Waals surface area contributed by atoms with Crippen LogP contribution in [0.15, 0.2) is 30.6 Å². The SMILES string of the molecule is Cn1nccc1-c1cc2c(cc1F)c([C@H](NS(=O)(=O)C1CC1)C(F)(F)F)cn2CC(C)(C)C. The first kappa shape index (κ1) is 23.7. The highest BCUT2D eigenvalue weighted by atomic mass is 32.2. The smallest absolute Gasteiger partial charge is 0.347 e. The van der Waals surface area contributed by atoms with Crippen molar-refractivity contribution in [2.45, 2.75) is 57.6 Å². The van der Waals surface area contributed by atoms with E-state index in [-0.39, 0.29) is 21.9 Å². The van der Waals surface area contributed by atoms with E-state index < -0.39 is 33.3 Å². The number of benzene rings is 1. The Morgan fingerprint density at radius 2 is 1.88 bits per heavy atom. The number of hydrogen-bond donors (Lipinski definition) is 1. The van der Waals surface area contributed by atoms with Crippen LogP contribution in [-0.2, 0) is 23.6 Å². The molecule has 0 radical (unpaired) electrons. The van der Waals surface area contributed by atoms with Gasteiger partial charge < -0.3 is 4.57 Å². The number of aryl methyl sites for hydroxylation is 1. The number of nitrogens with zero attached hydrogens (tertiary/aromatic N) is 3. The molecule has 2 heterocycles. The third-order valence-electron chi connectivity index (χ3n) is 5.63. The fraction of sp³-hybridized carbons (Fsp3) is 0.500. The number of rotatable bonds is 6. The van der Waals surface area contributed by atoms with Crippen molar-refractivity contribution in [3.63, 3.8) is 0 Å². The summed E-state index contributed by atoms with van der Waals surface area (Å²) in [4.78, 5) is 0. The van der Waals surface area contributed by atoms with Crippen molar-refractivity contribution >= 4 is 20.9 Å². The van der Waals surface area contributed by atoms with E-state index in [4.69, 9.17) is 0 Å². The predicted molar refractivity (Wildman–Crippen MR) is 117 cm³/mol. The van der Waals surface area contributed by atoms with Gasteiger partial charge in [-0.25, -0.2) is 12.8 Å². The Morgan fingerprint density at radius 1 is 1.21 bits per heavy atom. The molecule has 3 aromatic rings. The Kier molecular flexibility index (Phi) is 5.64. The number of halogens is 4. The Labute approximate surface area is 189 Å². The van der Waals surface area contributed by atoms with E-state index in [1.807, 2.05) is 25.5 Å². The lowest BCUT2D eigenvalue weighted by Gasteiger charge is -2.22. The summed E-state index contributed by atoms with van der Waals surface area (Å²) < 4.78 is 87.3. The predicted octanol–water partition coefficient (Wildman–Crippen LogP) is 4.91. The van der Waals surface area contributed by atoms with E-state index in [1.165, 1.54) is 23.1 Å². The van der Waals surface area contributed by atoms with Crippen molar-refractivity contribution in [3.8, 4) is 11.3 Å². The summed E-state index contributed by atoms with van der Waals surface area (Å²) >= 11 is 0. The van der Waals surface area contributed by atoms with Gasteiger partial charge in [-0.2, -0.15) is 23.0 Å². The Morgan fingerprint density at radius 3 is 2.39 bits per heavy atom. The zero-order valence-corrected chi connectivity index (χ0v) is 19.6. The summed E-state index contributed by atoms with van der Waals surface area (Å²) in [5.41, 5.74) is 0.440. The lowest BCUT2D eigenvalue weighted by Crippen LogP contribution is -2.39. The fourth-order valence-electron chi connectivity index (χ4n) is 3.99. The number of aromatic nitrogens is 3. The largest absolute Gasteiger partial charge is 0.408 e. The average Bonchev–Trinajstić information content (AvgIpc) is 3.38. The number of nitrogens with one attached hydrogen (secondary N) is 1. The molecule has 180 valence electrons. The molecule has 1 N–H and O–H groups in total. The highest BCUT2D eigenvalue weighted by Crippen LogP contribution is 2.41. The van der Waals surface area contributed by atoms with Gasteiger partial charge in [-0.1, -0.05) is 20.8 Å². The van der Waals surface area contributed by atoms with Crippen LogP contribution >= 0.6 is 0 Å². The zero-order chi connectivity index (χ0) is 24.3. The van der Waals surface area contributed by atoms with Gasteiger partial charge >= 0.3 is 6.18 Å². The molecule has 2 aromatic heterocycles. The van der Waals surface area contributed by atoms with Crippen LogP contribution in [0.4, 0.5) is 17.6 Å². The molecule has 1 saturated carbocycles. The van der Waals surface area contributed by atoms with E-state index in [1.54, 1.807) is 17.7 Å². The van der Waals surface area contributed by atoms with Gasteiger partial charge in [0.1, 0.15) is 11.9 Å². The summed E-state index contributed by atoms with van der Waals surface area (Å²) in [7, 11) is -2.51. The van der Waals surface area contributed by atoms with Gasteiger partial charge in [0, 0.05) is 48.0 Å². The molecular weight excluding hydrogens is 460 g/mol. The summed E-state index contributed by atoms with van der Waals surface area (Å²) in [6.07, 6.45) is -1.45. The van der Waals surface area contributed by atoms with Crippen molar-refractivity contribution in [3.05, 3.63) is 42.0 Å². The van der Waals surface area contributed by atoms with Gasteiger partial charge in [0.05, 0.1) is 10.9 Å². The summed E-state index contributed by atoms with van der Waals surface area (Å²) in [6.45, 7) is 6.14. The topological polar surface area (TPSA) is 68.9 Å². The van der Waals surface area contributed by atoms with E-state index in [0.29, 0.717) is 30.6 Å². The minimum Gasteiger partial charge on any atom is -0.347 e. The second kappa shape index (κ2) is 7.83. The first-order valence-electron chi connectivity index (χ1n) is 10.6. The molecule has 0 saturated heterocycles. The first-order valence-corrected chi connectivity index (χ1v) is 12.1. The van der Waals surface area contributed by atoms with Crippen molar-refractivity contribution in [1.82, 2.24) is 19.1 Å². The molecule has 0 aliphatic heterocycles.